The van der Waals surface area contributed by atoms with Crippen LogP contribution in [-0.4, -0.2) is 22.8 Å². The van der Waals surface area contributed by atoms with Gasteiger partial charge in [-0.25, -0.2) is 0 Å². The summed E-state index contributed by atoms with van der Waals surface area (Å²) in [5, 5.41) is 16.2. The smallest absolute Gasteiger partial charge is 0.0542 e. The van der Waals surface area contributed by atoms with E-state index in [0.717, 1.165) is 22.4 Å². The minimum absolute atomic E-state index is 0. The first-order valence-electron chi connectivity index (χ1n) is 38.4. The van der Waals surface area contributed by atoms with E-state index in [1.807, 2.05) is 36.4 Å². The molecule has 0 radical (unpaired) electrons. The highest BCUT2D eigenvalue weighted by molar-refractivity contribution is 9.10. The number of fused-ring (bicyclic) bond motifs is 15. The van der Waals surface area contributed by atoms with Crippen molar-refractivity contribution in [3.05, 3.63) is 440 Å². The van der Waals surface area contributed by atoms with Crippen molar-refractivity contribution in [1.29, 1.82) is 0 Å². The molecule has 0 atom stereocenters. The molecular weight excluding hydrogens is 1450 g/mol. The second-order valence-corrected chi connectivity index (χ2v) is 29.3. The normalized spacial score (nSPS) is 11.2. The molecule has 0 bridgehead atoms. The lowest BCUT2D eigenvalue weighted by Gasteiger charge is -2.26. The average Bonchev–Trinajstić information content (AvgIpc) is 1.61. The summed E-state index contributed by atoms with van der Waals surface area (Å²) in [7, 11) is 0. The molecule has 17 aromatic carbocycles. The van der Waals surface area contributed by atoms with Crippen molar-refractivity contribution in [3.63, 3.8) is 0 Å². The van der Waals surface area contributed by atoms with Gasteiger partial charge in [0.05, 0.1) is 55.2 Å². The van der Waals surface area contributed by atoms with Crippen LogP contribution in [-0.2, 0) is 13.1 Å². The zero-order chi connectivity index (χ0) is 75.6. The third-order valence-corrected chi connectivity index (χ3v) is 22.0. The monoisotopic (exact) mass is 1530 g/mol. The highest BCUT2D eigenvalue weighted by atomic mass is 79.9. The van der Waals surface area contributed by atoms with Gasteiger partial charge in [-0.1, -0.05) is 266 Å². The van der Waals surface area contributed by atoms with Crippen molar-refractivity contribution in [2.45, 2.75) is 20.5 Å². The first-order valence-corrected chi connectivity index (χ1v) is 39.2. The van der Waals surface area contributed by atoms with E-state index in [4.69, 9.17) is 5.73 Å². The number of para-hydroxylation sites is 10. The first-order chi connectivity index (χ1) is 56.0. The fourth-order valence-corrected chi connectivity index (χ4v) is 16.8. The molecule has 22 aromatic rings. The van der Waals surface area contributed by atoms with E-state index in [1.54, 1.807) is 0 Å². The Kier molecular flexibility index (Phi) is 19.8. The van der Waals surface area contributed by atoms with Crippen LogP contribution in [0.2, 0.25) is 0 Å². The fourth-order valence-electron chi connectivity index (χ4n) is 16.5. The van der Waals surface area contributed by atoms with Crippen LogP contribution in [0, 0.1) is 0 Å². The van der Waals surface area contributed by atoms with E-state index in [0.29, 0.717) is 6.54 Å². The molecule has 3 N–H and O–H groups in total. The zero-order valence-corrected chi connectivity index (χ0v) is 63.6. The predicted molar refractivity (Wildman–Crippen MR) is 488 cm³/mol. The lowest BCUT2D eigenvalue weighted by Crippen LogP contribution is -2.16. The molecule has 0 aliphatic heterocycles. The van der Waals surface area contributed by atoms with Gasteiger partial charge in [-0.3, -0.25) is 0 Å². The number of halogens is 1. The lowest BCUT2D eigenvalue weighted by molar-refractivity contribution is 0.977. The molecule has 0 spiro atoms. The number of aromatic nitrogens is 5. The molecule has 0 saturated heterocycles. The van der Waals surface area contributed by atoms with Crippen LogP contribution in [0.25, 0.3) is 137 Å². The van der Waals surface area contributed by atoms with E-state index in [9.17, 15) is 0 Å². The Hall–Kier alpha value is -14.2. The minimum Gasteiger partial charge on any atom is -0.355 e. The number of rotatable bonds is 12. The fraction of sp³-hybridized carbons (Fsp3) is 0.0286. The zero-order valence-electron chi connectivity index (χ0n) is 62.0. The number of hydrogen-bond acceptors (Lipinski definition) is 3. The van der Waals surface area contributed by atoms with Gasteiger partial charge in [-0.05, 0) is 193 Å². The van der Waals surface area contributed by atoms with Crippen molar-refractivity contribution >= 4 is 148 Å². The molecule has 0 saturated carbocycles. The molecule has 0 unspecified atom stereocenters. The van der Waals surface area contributed by atoms with Crippen LogP contribution >= 0.6 is 15.9 Å². The quantitative estimate of drug-likeness (QED) is 0.128. The van der Waals surface area contributed by atoms with Gasteiger partial charge in [-0.2, -0.15) is 0 Å². The number of nitrogens with zero attached hydrogens (tertiary/aromatic N) is 6. The molecule has 548 valence electrons. The van der Waals surface area contributed by atoms with Gasteiger partial charge >= 0.3 is 0 Å². The van der Waals surface area contributed by atoms with Gasteiger partial charge in [0.2, 0.25) is 0 Å². The number of nitrogens with two attached hydrogens (primary N) is 1. The summed E-state index contributed by atoms with van der Waals surface area (Å²) in [5.41, 5.74) is 30.3. The summed E-state index contributed by atoms with van der Waals surface area (Å²) in [6, 6.07) is 151. The van der Waals surface area contributed by atoms with Crippen LogP contribution in [0.5, 0.6) is 0 Å². The molecule has 114 heavy (non-hydrogen) atoms. The molecule has 22 rings (SSSR count). The summed E-state index contributed by atoms with van der Waals surface area (Å²) in [6.07, 6.45) is 0. The molecule has 0 aliphatic carbocycles. The predicted octanol–water partition coefficient (Wildman–Crippen LogP) is 28.2. The van der Waals surface area contributed by atoms with Gasteiger partial charge in [0.15, 0.2) is 0 Å². The Labute approximate surface area is 671 Å². The Bertz CT molecular complexity index is 6840. The summed E-state index contributed by atoms with van der Waals surface area (Å²) in [5.74, 6) is 0. The number of nitrogens with one attached hydrogen (secondary N) is 1. The van der Waals surface area contributed by atoms with Gasteiger partial charge in [-0.15, -0.1) is 0 Å². The van der Waals surface area contributed by atoms with Gasteiger partial charge in [0.25, 0.3) is 0 Å². The molecule has 9 heteroatoms. The Balaban J connectivity index is 0.000000119. The van der Waals surface area contributed by atoms with Crippen molar-refractivity contribution in [2.75, 3.05) is 10.2 Å². The van der Waals surface area contributed by atoms with Gasteiger partial charge in [0, 0.05) is 123 Å². The summed E-state index contributed by atoms with van der Waals surface area (Å²) in [4.78, 5) is 2.46. The molecule has 5 heterocycles. The third kappa shape index (κ3) is 13.6. The third-order valence-electron chi connectivity index (χ3n) is 21.5. The highest BCUT2D eigenvalue weighted by Gasteiger charge is 2.21. The van der Waals surface area contributed by atoms with Crippen molar-refractivity contribution in [3.8, 4) is 28.4 Å². The lowest BCUT2D eigenvalue weighted by atomic mass is 10.1. The van der Waals surface area contributed by atoms with E-state index in [2.05, 4.69) is 437 Å². The number of anilines is 4. The Morgan fingerprint density at radius 3 is 0.763 bits per heavy atom. The number of hydrogen-bond donors (Lipinski definition) is 2. The van der Waals surface area contributed by atoms with Crippen LogP contribution < -0.4 is 16.0 Å². The maximum atomic E-state index is 5.35. The standard InChI is InChI=1S/C43H31N3.C36H25N3.C18H12BrN.C7H9N.CH4/c1-4-14-31(15-5-1)30-44(34-24-26-42-38(28-34)36-20-10-12-22-40(36)45(42)32-16-6-2-7-17-32)35-25-27-43-39(29-35)37-21-11-13-23-41(37)46(43)33-18-8-3-9-19-33;1-3-11-27(12-4-1)38-33-17-9-7-15-29(33)31-23-25(19-21-35(31)38)37-26-20-22-36-32(24-26)30-16-8-10-18-34(30)39(36)28-13-5-2-6-14-28;19-13-10-11-18-16(12-13)15-8-4-5-9-17(15)20(18)14-6-2-1-3-7-14;8-6-7-4-2-1-3-5-7;/h1-29H,30H2;1-24,37H;1-12H;1-5H,6,8H2;1H4. The van der Waals surface area contributed by atoms with Gasteiger partial charge < -0.3 is 38.8 Å². The molecule has 8 nitrogen and oxygen atoms in total. The highest BCUT2D eigenvalue weighted by Crippen LogP contribution is 2.43. The largest absolute Gasteiger partial charge is 0.355 e. The van der Waals surface area contributed by atoms with E-state index >= 15 is 0 Å². The molecule has 0 fully saturated rings. The van der Waals surface area contributed by atoms with Gasteiger partial charge in [0.1, 0.15) is 0 Å². The maximum absolute atomic E-state index is 5.35. The SMILES string of the molecule is Brc1ccc2c(c1)c1ccccc1n2-c1ccccc1.C.NCc1ccccc1.c1ccc(-n2c3ccccc3c3cc(Nc4ccc5c(c4)c4ccccc4n5-c4ccccc4)ccc32)cc1.c1ccc(CN(c2ccc3c(c2)c2ccccc2n3-c2ccccc2)c2ccc3c(c2)c2ccccc2n3-c2ccccc2)cc1. The van der Waals surface area contributed by atoms with Crippen LogP contribution in [0.15, 0.2) is 429 Å². The Morgan fingerprint density at radius 1 is 0.228 bits per heavy atom. The van der Waals surface area contributed by atoms with Crippen LogP contribution in [0.1, 0.15) is 18.6 Å². The summed E-state index contributed by atoms with van der Waals surface area (Å²) in [6.45, 7) is 1.40. The van der Waals surface area contributed by atoms with Crippen LogP contribution in [0.3, 0.4) is 0 Å². The molecular formula is C105H81BrN8. The topological polar surface area (TPSA) is 65.9 Å². The van der Waals surface area contributed by atoms with Crippen LogP contribution in [0.4, 0.5) is 22.7 Å². The average molecular weight is 1530 g/mol. The van der Waals surface area contributed by atoms with E-state index in [-0.39, 0.29) is 7.43 Å². The molecule has 0 aliphatic rings. The Morgan fingerprint density at radius 2 is 0.465 bits per heavy atom. The second kappa shape index (κ2) is 31.6. The number of benzene rings is 17. The van der Waals surface area contributed by atoms with E-state index in [1.165, 1.54) is 160 Å². The maximum Gasteiger partial charge on any atom is 0.0542 e. The minimum atomic E-state index is 0. The van der Waals surface area contributed by atoms with Crippen molar-refractivity contribution in [2.24, 2.45) is 5.73 Å². The van der Waals surface area contributed by atoms with E-state index < -0.39 is 0 Å². The first kappa shape index (κ1) is 71.4. The second-order valence-electron chi connectivity index (χ2n) is 28.4. The molecule has 5 aromatic heterocycles. The summed E-state index contributed by atoms with van der Waals surface area (Å²) < 4.78 is 12.9. The molecule has 0 amide bonds. The summed E-state index contributed by atoms with van der Waals surface area (Å²) >= 11 is 3.57. The van der Waals surface area contributed by atoms with Crippen molar-refractivity contribution in [1.82, 2.24) is 22.8 Å². The van der Waals surface area contributed by atoms with Crippen molar-refractivity contribution < 1.29 is 0 Å².